The fourth-order valence-corrected chi connectivity index (χ4v) is 3.43. The fourth-order valence-electron chi connectivity index (χ4n) is 2.39. The Morgan fingerprint density at radius 2 is 1.60 bits per heavy atom. The molecule has 0 saturated carbocycles. The maximum atomic E-state index is 11.9. The summed E-state index contributed by atoms with van der Waals surface area (Å²) in [6, 6.07) is 13.4. The van der Waals surface area contributed by atoms with Gasteiger partial charge in [0.25, 0.3) is 0 Å². The summed E-state index contributed by atoms with van der Waals surface area (Å²) < 4.78 is 63.0. The first-order chi connectivity index (χ1) is 16.4. The van der Waals surface area contributed by atoms with Gasteiger partial charge in [0.1, 0.15) is 23.7 Å². The molecule has 3 aromatic rings. The second-order valence-electron chi connectivity index (χ2n) is 6.43. The Morgan fingerprint density at radius 1 is 1.03 bits per heavy atom. The molecule has 0 radical (unpaired) electrons. The number of sulfonamides is 1. The van der Waals surface area contributed by atoms with E-state index in [4.69, 9.17) is 26.2 Å². The van der Waals surface area contributed by atoms with E-state index in [0.29, 0.717) is 28.1 Å². The van der Waals surface area contributed by atoms with Crippen LogP contribution in [0, 0.1) is 0 Å². The van der Waals surface area contributed by atoms with Crippen molar-refractivity contribution in [1.82, 2.24) is 14.7 Å². The maximum Gasteiger partial charge on any atom is 0.490 e. The molecule has 3 rings (SSSR count). The highest BCUT2D eigenvalue weighted by molar-refractivity contribution is 7.89. The van der Waals surface area contributed by atoms with E-state index in [9.17, 15) is 21.6 Å². The number of anilines is 4. The lowest BCUT2D eigenvalue weighted by molar-refractivity contribution is -0.192. The van der Waals surface area contributed by atoms with E-state index < -0.39 is 22.2 Å². The number of rotatable bonds is 7. The van der Waals surface area contributed by atoms with Crippen molar-refractivity contribution in [3.05, 3.63) is 59.9 Å². The van der Waals surface area contributed by atoms with Crippen LogP contribution in [0.15, 0.2) is 59.8 Å². The topological polar surface area (TPSA) is 143 Å². The molecule has 0 saturated heterocycles. The standard InChI is InChI=1S/C18H18ClN5O3S.C2HF3O2/c1-20-28(25,26)14-5-3-4-12(8-14)23-17-10-18(22-11-21-17)24-13-6-7-16(27-2)15(19)9-13;3-2(4,5)1(6)7/h3-11,20H,1-2H3,(H2,21,22,23,24);(H,6,7). The Hall–Kier alpha value is -3.62. The Balaban J connectivity index is 0.000000540. The van der Waals surface area contributed by atoms with Gasteiger partial charge in [-0.2, -0.15) is 13.2 Å². The van der Waals surface area contributed by atoms with Gasteiger partial charge in [-0.05, 0) is 43.4 Å². The molecule has 0 atom stereocenters. The van der Waals surface area contributed by atoms with Crippen molar-refractivity contribution in [1.29, 1.82) is 0 Å². The third kappa shape index (κ3) is 8.27. The summed E-state index contributed by atoms with van der Waals surface area (Å²) in [5, 5.41) is 13.8. The summed E-state index contributed by atoms with van der Waals surface area (Å²) in [7, 11) is -0.616. The molecule has 0 unspecified atom stereocenters. The number of methoxy groups -OCH3 is 1. The van der Waals surface area contributed by atoms with Gasteiger partial charge in [0, 0.05) is 17.4 Å². The number of hydrogen-bond acceptors (Lipinski definition) is 8. The molecule has 1 aromatic heterocycles. The number of aliphatic carboxylic acids is 1. The van der Waals surface area contributed by atoms with Gasteiger partial charge in [0.2, 0.25) is 10.0 Å². The number of carbonyl (C=O) groups is 1. The monoisotopic (exact) mass is 533 g/mol. The van der Waals surface area contributed by atoms with Crippen molar-refractivity contribution in [3.63, 3.8) is 0 Å². The van der Waals surface area contributed by atoms with Crippen LogP contribution >= 0.6 is 11.6 Å². The van der Waals surface area contributed by atoms with Gasteiger partial charge in [0.05, 0.1) is 17.0 Å². The zero-order valence-corrected chi connectivity index (χ0v) is 19.7. The minimum Gasteiger partial charge on any atom is -0.495 e. The van der Waals surface area contributed by atoms with Crippen LogP contribution in [0.25, 0.3) is 0 Å². The first-order valence-electron chi connectivity index (χ1n) is 9.39. The lowest BCUT2D eigenvalue weighted by Gasteiger charge is -2.11. The second kappa shape index (κ2) is 11.7. The van der Waals surface area contributed by atoms with E-state index >= 15 is 0 Å². The normalized spacial score (nSPS) is 11.1. The van der Waals surface area contributed by atoms with E-state index in [1.54, 1.807) is 37.4 Å². The summed E-state index contributed by atoms with van der Waals surface area (Å²) in [6.07, 6.45) is -3.69. The molecule has 188 valence electrons. The van der Waals surface area contributed by atoms with Crippen LogP contribution in [0.4, 0.5) is 36.2 Å². The van der Waals surface area contributed by atoms with E-state index in [1.807, 2.05) is 6.07 Å². The van der Waals surface area contributed by atoms with Gasteiger partial charge in [-0.25, -0.2) is 27.9 Å². The van der Waals surface area contributed by atoms with Crippen LogP contribution < -0.4 is 20.1 Å². The van der Waals surface area contributed by atoms with E-state index in [1.165, 1.54) is 25.5 Å². The Morgan fingerprint density at radius 3 is 2.09 bits per heavy atom. The molecule has 0 aliphatic carbocycles. The highest BCUT2D eigenvalue weighted by Gasteiger charge is 2.38. The zero-order valence-electron chi connectivity index (χ0n) is 18.1. The number of nitrogens with zero attached hydrogens (tertiary/aromatic N) is 2. The number of ether oxygens (including phenoxy) is 1. The predicted molar refractivity (Wildman–Crippen MR) is 123 cm³/mol. The summed E-state index contributed by atoms with van der Waals surface area (Å²) in [6.45, 7) is 0. The number of carboxylic acid groups (broad SMARTS) is 1. The van der Waals surface area contributed by atoms with Crippen LogP contribution in [0.2, 0.25) is 5.02 Å². The van der Waals surface area contributed by atoms with Gasteiger partial charge >= 0.3 is 12.1 Å². The van der Waals surface area contributed by atoms with E-state index in [0.717, 1.165) is 5.69 Å². The lowest BCUT2D eigenvalue weighted by atomic mass is 10.3. The molecular weight excluding hydrogens is 515 g/mol. The number of carboxylic acids is 1. The third-order valence-corrected chi connectivity index (χ3v) is 5.73. The van der Waals surface area contributed by atoms with Crippen LogP contribution in [0.5, 0.6) is 5.75 Å². The van der Waals surface area contributed by atoms with Gasteiger partial charge in [-0.3, -0.25) is 0 Å². The third-order valence-electron chi connectivity index (χ3n) is 4.02. The minimum atomic E-state index is -5.08. The van der Waals surface area contributed by atoms with Gasteiger partial charge < -0.3 is 20.5 Å². The summed E-state index contributed by atoms with van der Waals surface area (Å²) in [5.41, 5.74) is 1.31. The molecule has 0 fully saturated rings. The molecule has 15 heteroatoms. The summed E-state index contributed by atoms with van der Waals surface area (Å²) in [5.74, 6) is -1.14. The summed E-state index contributed by atoms with van der Waals surface area (Å²) in [4.78, 5) is 17.4. The average Bonchev–Trinajstić information content (AvgIpc) is 2.79. The Labute approximate surface area is 203 Å². The summed E-state index contributed by atoms with van der Waals surface area (Å²) >= 11 is 6.13. The predicted octanol–water partition coefficient (Wildman–Crippen LogP) is 4.17. The van der Waals surface area contributed by atoms with E-state index in [2.05, 4.69) is 25.3 Å². The van der Waals surface area contributed by atoms with Crippen molar-refractivity contribution in [3.8, 4) is 5.75 Å². The molecule has 0 aliphatic rings. The van der Waals surface area contributed by atoms with Crippen LogP contribution in [-0.2, 0) is 14.8 Å². The molecule has 35 heavy (non-hydrogen) atoms. The molecule has 1 heterocycles. The SMILES string of the molecule is CNS(=O)(=O)c1cccc(Nc2cc(Nc3ccc(OC)c(Cl)c3)ncn2)c1.O=C(O)C(F)(F)F. The number of hydrogen-bond donors (Lipinski definition) is 4. The molecule has 4 N–H and O–H groups in total. The van der Waals surface area contributed by atoms with Crippen LogP contribution in [0.3, 0.4) is 0 Å². The smallest absolute Gasteiger partial charge is 0.490 e. The molecular formula is C20H19ClF3N5O5S. The number of benzene rings is 2. The number of alkyl halides is 3. The molecule has 0 aliphatic heterocycles. The van der Waals surface area contributed by atoms with Crippen molar-refractivity contribution in [2.75, 3.05) is 24.8 Å². The fraction of sp³-hybridized carbons (Fsp3) is 0.150. The van der Waals surface area contributed by atoms with Gasteiger partial charge in [0.15, 0.2) is 0 Å². The highest BCUT2D eigenvalue weighted by atomic mass is 35.5. The Kier molecular flexibility index (Phi) is 9.22. The average molecular weight is 534 g/mol. The van der Waals surface area contributed by atoms with Crippen molar-refractivity contribution in [2.45, 2.75) is 11.1 Å². The molecule has 10 nitrogen and oxygen atoms in total. The molecule has 0 spiro atoms. The maximum absolute atomic E-state index is 11.9. The van der Waals surface area contributed by atoms with Crippen LogP contribution in [0.1, 0.15) is 0 Å². The van der Waals surface area contributed by atoms with Crippen molar-refractivity contribution < 1.29 is 36.2 Å². The number of halogens is 4. The number of nitrogens with one attached hydrogen (secondary N) is 3. The molecule has 0 amide bonds. The Bertz CT molecular complexity index is 1290. The van der Waals surface area contributed by atoms with Crippen molar-refractivity contribution in [2.24, 2.45) is 0 Å². The van der Waals surface area contributed by atoms with Crippen LogP contribution in [-0.4, -0.2) is 49.8 Å². The van der Waals surface area contributed by atoms with E-state index in [-0.39, 0.29) is 4.90 Å². The first-order valence-corrected chi connectivity index (χ1v) is 11.2. The molecule has 2 aromatic carbocycles. The quantitative estimate of drug-likeness (QED) is 0.352. The first kappa shape index (κ1) is 27.6. The van der Waals surface area contributed by atoms with Gasteiger partial charge in [-0.1, -0.05) is 17.7 Å². The minimum absolute atomic E-state index is 0.153. The van der Waals surface area contributed by atoms with Gasteiger partial charge in [-0.15, -0.1) is 0 Å². The second-order valence-corrected chi connectivity index (χ2v) is 8.72. The number of aromatic nitrogens is 2. The zero-order chi connectivity index (χ0) is 26.2. The van der Waals surface area contributed by atoms with Crippen molar-refractivity contribution >= 4 is 50.6 Å². The highest BCUT2D eigenvalue weighted by Crippen LogP contribution is 2.29. The molecule has 0 bridgehead atoms. The largest absolute Gasteiger partial charge is 0.495 e. The lowest BCUT2D eigenvalue weighted by Crippen LogP contribution is -2.21.